The number of carbonyl (C=O) groups is 1. The molecule has 0 unspecified atom stereocenters. The number of halogens is 2. The van der Waals surface area contributed by atoms with Crippen LogP contribution >= 0.6 is 27.5 Å². The number of oxazole rings is 2. The average Bonchev–Trinajstić information content (AvgIpc) is 3.55. The predicted molar refractivity (Wildman–Crippen MR) is 199 cm³/mol. The van der Waals surface area contributed by atoms with Crippen LogP contribution in [0.25, 0.3) is 22.2 Å². The molecule has 0 radical (unpaired) electrons. The first kappa shape index (κ1) is 34.7. The number of ether oxygens (including phenoxy) is 1. The number of aromatic nitrogens is 2. The molecule has 0 bridgehead atoms. The largest absolute Gasteiger partial charge is 0.456 e. The van der Waals surface area contributed by atoms with Gasteiger partial charge in [-0.1, -0.05) is 100 Å². The van der Waals surface area contributed by atoms with Gasteiger partial charge in [-0.15, -0.1) is 0 Å². The Morgan fingerprint density at radius 3 is 1.80 bits per heavy atom. The summed E-state index contributed by atoms with van der Waals surface area (Å²) in [6, 6.07) is 36.0. The molecule has 2 aromatic heterocycles. The lowest BCUT2D eigenvalue weighted by Crippen LogP contribution is -2.24. The number of esters is 1. The van der Waals surface area contributed by atoms with Crippen molar-refractivity contribution in [3.8, 4) is 0 Å². The molecule has 0 aliphatic rings. The molecule has 254 valence electrons. The van der Waals surface area contributed by atoms with E-state index in [-0.39, 0.29) is 5.76 Å². The second kappa shape index (κ2) is 14.8. The number of carbonyl (C=O) groups excluding carboxylic acids is 1. The van der Waals surface area contributed by atoms with Crippen molar-refractivity contribution in [2.75, 3.05) is 0 Å². The molecule has 0 N–H and O–H groups in total. The summed E-state index contributed by atoms with van der Waals surface area (Å²) in [4.78, 5) is 37.0. The minimum atomic E-state index is -0.610. The Balaban J connectivity index is 0.000000202. The topological polar surface area (TPSA) is 96.6 Å². The Morgan fingerprint density at radius 1 is 0.700 bits per heavy atom. The van der Waals surface area contributed by atoms with Gasteiger partial charge in [0.15, 0.2) is 11.2 Å². The van der Waals surface area contributed by atoms with Gasteiger partial charge >= 0.3 is 17.5 Å². The number of rotatable bonds is 7. The highest BCUT2D eigenvalue weighted by atomic mass is 79.9. The number of fused-ring (bicyclic) bond motifs is 2. The van der Waals surface area contributed by atoms with Crippen LogP contribution in [0.2, 0.25) is 5.02 Å². The van der Waals surface area contributed by atoms with Crippen LogP contribution in [0.4, 0.5) is 0 Å². The fraction of sp³-hybridized carbons (Fsp3) is 0.175. The van der Waals surface area contributed by atoms with Crippen molar-refractivity contribution in [3.63, 3.8) is 0 Å². The van der Waals surface area contributed by atoms with Gasteiger partial charge in [-0.05, 0) is 91.9 Å². The number of benzene rings is 5. The summed E-state index contributed by atoms with van der Waals surface area (Å²) in [6.07, 6.45) is 0.468. The summed E-state index contributed by atoms with van der Waals surface area (Å²) in [7, 11) is 0. The van der Waals surface area contributed by atoms with E-state index in [1.807, 2.05) is 118 Å². The minimum Gasteiger partial charge on any atom is -0.456 e. The zero-order valence-corrected chi connectivity index (χ0v) is 30.0. The lowest BCUT2D eigenvalue weighted by Gasteiger charge is -2.20. The molecule has 8 nitrogen and oxygen atoms in total. The second-order valence-corrected chi connectivity index (χ2v) is 14.1. The molecule has 10 heteroatoms. The molecule has 0 aliphatic heterocycles. The van der Waals surface area contributed by atoms with Crippen molar-refractivity contribution < 1.29 is 18.4 Å². The van der Waals surface area contributed by atoms with Gasteiger partial charge in [-0.2, -0.15) is 0 Å². The van der Waals surface area contributed by atoms with E-state index < -0.39 is 17.3 Å². The third-order valence-corrected chi connectivity index (χ3v) is 8.54. The number of hydrogen-bond donors (Lipinski definition) is 0. The molecule has 2 heterocycles. The van der Waals surface area contributed by atoms with Crippen molar-refractivity contribution >= 4 is 55.7 Å². The first-order valence-electron chi connectivity index (χ1n) is 15.9. The van der Waals surface area contributed by atoms with Crippen LogP contribution in [0.15, 0.2) is 138 Å². The smallest absolute Gasteiger partial charge is 0.420 e. The Bertz CT molecular complexity index is 2400. The van der Waals surface area contributed by atoms with Gasteiger partial charge in [0.2, 0.25) is 0 Å². The average molecular weight is 754 g/mol. The zero-order valence-electron chi connectivity index (χ0n) is 27.7. The minimum absolute atomic E-state index is 0.327. The second-order valence-electron chi connectivity index (χ2n) is 12.8. The van der Waals surface area contributed by atoms with Gasteiger partial charge in [0.1, 0.15) is 5.60 Å². The molecule has 7 rings (SSSR count). The highest BCUT2D eigenvalue weighted by molar-refractivity contribution is 9.10. The molecule has 0 aliphatic carbocycles. The maximum Gasteiger partial charge on any atom is 0.420 e. The number of nitrogens with zero attached hydrogens (tertiary/aromatic N) is 2. The number of hydrogen-bond acceptors (Lipinski definition) is 6. The summed E-state index contributed by atoms with van der Waals surface area (Å²) in [6.45, 7) is 6.43. The Kier molecular flexibility index (Phi) is 10.3. The maximum absolute atomic E-state index is 12.7. The summed E-state index contributed by atoms with van der Waals surface area (Å²) in [5.41, 5.74) is 6.25. The summed E-state index contributed by atoms with van der Waals surface area (Å²) in [5, 5.41) is 0.467. The van der Waals surface area contributed by atoms with E-state index in [1.54, 1.807) is 27.3 Å². The highest BCUT2D eigenvalue weighted by Gasteiger charge is 2.21. The summed E-state index contributed by atoms with van der Waals surface area (Å²) >= 11 is 9.50. The Morgan fingerprint density at radius 2 is 1.24 bits per heavy atom. The van der Waals surface area contributed by atoms with Gasteiger partial charge < -0.3 is 13.6 Å². The third-order valence-electron chi connectivity index (χ3n) is 7.82. The molecular formula is C40H34BrClN2O6. The molecule has 50 heavy (non-hydrogen) atoms. The molecule has 0 atom stereocenters. The van der Waals surface area contributed by atoms with Crippen molar-refractivity contribution in [3.05, 3.63) is 174 Å². The Labute approximate surface area is 301 Å². The van der Waals surface area contributed by atoms with Gasteiger partial charge in [0.25, 0.3) is 0 Å². The molecule has 0 amide bonds. The van der Waals surface area contributed by atoms with Gasteiger partial charge in [-0.3, -0.25) is 9.13 Å². The van der Waals surface area contributed by atoms with Crippen molar-refractivity contribution in [2.24, 2.45) is 0 Å². The molecular weight excluding hydrogens is 720 g/mol. The highest BCUT2D eigenvalue weighted by Crippen LogP contribution is 2.25. The molecule has 0 fully saturated rings. The normalized spacial score (nSPS) is 11.4. The SMILES string of the molecule is CC(C)(C)OC(=O)c1cc(Cl)ccc1Cc1ccc2c(c1)oc(=O)n2Cc1ccccc1.O=c1oc2cc(Br)ccc2n1Cc1ccccc1. The van der Waals surface area contributed by atoms with E-state index in [1.165, 1.54) is 0 Å². The van der Waals surface area contributed by atoms with E-state index in [0.29, 0.717) is 41.3 Å². The van der Waals surface area contributed by atoms with Crippen LogP contribution in [0, 0.1) is 0 Å². The van der Waals surface area contributed by atoms with Crippen LogP contribution in [0.1, 0.15) is 53.4 Å². The van der Waals surface area contributed by atoms with Crippen LogP contribution in [0.3, 0.4) is 0 Å². The lowest BCUT2D eigenvalue weighted by molar-refractivity contribution is 0.00684. The van der Waals surface area contributed by atoms with Crippen LogP contribution in [0.5, 0.6) is 0 Å². The Hall–Kier alpha value is -5.12. The van der Waals surface area contributed by atoms with Crippen molar-refractivity contribution in [1.82, 2.24) is 9.13 Å². The van der Waals surface area contributed by atoms with E-state index in [2.05, 4.69) is 15.9 Å². The fourth-order valence-corrected chi connectivity index (χ4v) is 6.05. The van der Waals surface area contributed by atoms with E-state index >= 15 is 0 Å². The summed E-state index contributed by atoms with van der Waals surface area (Å²) in [5.74, 6) is -1.15. The third kappa shape index (κ3) is 8.35. The molecule has 5 aromatic carbocycles. The molecule has 0 saturated heterocycles. The van der Waals surface area contributed by atoms with Crippen LogP contribution in [-0.2, 0) is 24.2 Å². The lowest BCUT2D eigenvalue weighted by atomic mass is 9.99. The quantitative estimate of drug-likeness (QED) is 0.151. The fourth-order valence-electron chi connectivity index (χ4n) is 5.54. The van der Waals surface area contributed by atoms with Gasteiger partial charge in [0, 0.05) is 9.50 Å². The van der Waals surface area contributed by atoms with Crippen LogP contribution < -0.4 is 11.5 Å². The monoisotopic (exact) mass is 752 g/mol. The van der Waals surface area contributed by atoms with Gasteiger partial charge in [-0.25, -0.2) is 14.4 Å². The van der Waals surface area contributed by atoms with Crippen molar-refractivity contribution in [1.29, 1.82) is 0 Å². The first-order valence-corrected chi connectivity index (χ1v) is 17.1. The predicted octanol–water partition coefficient (Wildman–Crippen LogP) is 9.25. The van der Waals surface area contributed by atoms with Gasteiger partial charge in [0.05, 0.1) is 29.7 Å². The maximum atomic E-state index is 12.7. The van der Waals surface area contributed by atoms with Crippen molar-refractivity contribution in [2.45, 2.75) is 45.9 Å². The molecule has 0 spiro atoms. The zero-order chi connectivity index (χ0) is 35.4. The van der Waals surface area contributed by atoms with Crippen LogP contribution in [-0.4, -0.2) is 20.7 Å². The first-order chi connectivity index (χ1) is 23.9. The molecule has 0 saturated carbocycles. The standard InChI is InChI=1S/C26H24ClNO4.C14H10BrNO2/c1-26(2,3)32-24(29)21-15-20(27)11-10-19(21)13-18-9-12-22-23(14-18)31-25(30)28(22)16-17-7-5-4-6-8-17;15-11-6-7-12-13(8-11)18-14(17)16(12)9-10-4-2-1-3-5-10/h4-12,14-15H,13,16H2,1-3H3;1-8H,9H2. The summed E-state index contributed by atoms with van der Waals surface area (Å²) < 4.78 is 20.4. The van der Waals surface area contributed by atoms with E-state index in [4.69, 9.17) is 25.2 Å². The van der Waals surface area contributed by atoms with E-state index in [9.17, 15) is 14.4 Å². The van der Waals surface area contributed by atoms with E-state index in [0.717, 1.165) is 37.8 Å². The molecule has 7 aromatic rings.